The highest BCUT2D eigenvalue weighted by molar-refractivity contribution is 6.74. The average Bonchev–Trinajstić information content (AvgIpc) is 3.93. The van der Waals surface area contributed by atoms with Gasteiger partial charge in [-0.1, -0.05) is 104 Å². The minimum atomic E-state index is -2.08. The predicted octanol–water partition coefficient (Wildman–Crippen LogP) is 12.1. The van der Waals surface area contributed by atoms with E-state index in [-0.39, 0.29) is 114 Å². The zero-order valence-corrected chi connectivity index (χ0v) is 45.5. The molecule has 0 aliphatic carbocycles. The third kappa shape index (κ3) is 12.9. The number of carbonyl (C=O) groups excluding carboxylic acids is 2. The molecule has 6 fully saturated rings. The van der Waals surface area contributed by atoms with Gasteiger partial charge in [0.05, 0.1) is 79.9 Å². The Bertz CT molecular complexity index is 1920. The second-order valence-corrected chi connectivity index (χ2v) is 28.8. The van der Waals surface area contributed by atoms with E-state index in [2.05, 4.69) is 118 Å². The standard InChI is InChI=1S/C58H90O10Si/c1-15-20-49(68-69(13,14)57(8,9)10)56-39(6)38(5)55-48(66-56)27-25-44(64-55)31-46(60)54(41-21-17-16-18-22-41)53-40(7)50(32-45-34-61-58(11,12)67-45)65-52(53)33-51-37(4)35(2)29-43(63-51)24-26-47-36(3)30-42(62-47)23-19-28-59/h15-18,20-22,28,35,38-40,42-45,47-56H,3-4,19,23-27,29-34H2,1-2,5-14H3/b20-15+/t35-,38-,39+,40+,42+,43+,44-,45+,47+,48+,49+,50-,51-,52+,53-,54?,55-,56-/m1/s1. The van der Waals surface area contributed by atoms with E-state index in [1.54, 1.807) is 0 Å². The van der Waals surface area contributed by atoms with E-state index < -0.39 is 20.0 Å². The SMILES string of the molecule is C=C1C[C@H](CCC=O)O[C@H]1CC[C@H]1C[C@@H](C)C(=C)[C@@H](C[C@@H]2O[C@H](C[C@H]3COC(C)(C)O3)[C@H](C)[C@H]2C(C(=O)C[C@H]2CC[C@@H]3O[C@@H]([C@H](/C=C/C)O[Si](C)(C)C(C)(C)C)[C@@H](C)[C@@H](C)[C@H]3O2)c2ccccc2)O1. The maximum atomic E-state index is 15.4. The van der Waals surface area contributed by atoms with E-state index >= 15 is 4.79 Å². The van der Waals surface area contributed by atoms with Crippen molar-refractivity contribution in [2.24, 2.45) is 29.6 Å². The molecule has 69 heavy (non-hydrogen) atoms. The van der Waals surface area contributed by atoms with Gasteiger partial charge >= 0.3 is 0 Å². The van der Waals surface area contributed by atoms with Gasteiger partial charge in [-0.15, -0.1) is 0 Å². The molecule has 386 valence electrons. The molecule has 0 N–H and O–H groups in total. The first-order valence-electron chi connectivity index (χ1n) is 26.9. The molecule has 0 aromatic heterocycles. The summed E-state index contributed by atoms with van der Waals surface area (Å²) in [6.45, 7) is 36.1. The van der Waals surface area contributed by atoms with Crippen LogP contribution in [0.1, 0.15) is 151 Å². The Kier molecular flexibility index (Phi) is 18.0. The number of hydrogen-bond acceptors (Lipinski definition) is 10. The van der Waals surface area contributed by atoms with Gasteiger partial charge in [0, 0.05) is 37.5 Å². The fourth-order valence-electron chi connectivity index (χ4n) is 12.3. The molecule has 6 saturated heterocycles. The molecule has 1 aromatic rings. The van der Waals surface area contributed by atoms with Crippen LogP contribution in [0.25, 0.3) is 0 Å². The van der Waals surface area contributed by atoms with Crippen molar-refractivity contribution in [3.63, 3.8) is 0 Å². The Balaban J connectivity index is 1.09. The Morgan fingerprint density at radius 1 is 0.855 bits per heavy atom. The van der Waals surface area contributed by atoms with Crippen LogP contribution < -0.4 is 0 Å². The van der Waals surface area contributed by atoms with Crippen molar-refractivity contribution < 1.29 is 47.2 Å². The molecule has 10 nitrogen and oxygen atoms in total. The predicted molar refractivity (Wildman–Crippen MR) is 275 cm³/mol. The second-order valence-electron chi connectivity index (χ2n) is 24.0. The van der Waals surface area contributed by atoms with Crippen LogP contribution in [0.15, 0.2) is 66.8 Å². The number of aldehydes is 1. The quantitative estimate of drug-likeness (QED) is 0.0755. The highest BCUT2D eigenvalue weighted by atomic mass is 28.4. The van der Waals surface area contributed by atoms with E-state index in [0.717, 1.165) is 67.9 Å². The molecule has 1 unspecified atom stereocenters. The summed E-state index contributed by atoms with van der Waals surface area (Å²) in [4.78, 5) is 26.5. The number of fused-ring (bicyclic) bond motifs is 1. The Morgan fingerprint density at radius 2 is 1.58 bits per heavy atom. The van der Waals surface area contributed by atoms with Crippen LogP contribution in [0, 0.1) is 29.6 Å². The third-order valence-corrected chi connectivity index (χ3v) is 22.1. The van der Waals surface area contributed by atoms with Crippen molar-refractivity contribution >= 4 is 20.4 Å². The Morgan fingerprint density at radius 3 is 2.25 bits per heavy atom. The van der Waals surface area contributed by atoms with Crippen molar-refractivity contribution in [2.45, 2.75) is 243 Å². The van der Waals surface area contributed by atoms with Crippen LogP contribution in [0.2, 0.25) is 18.1 Å². The summed E-state index contributed by atoms with van der Waals surface area (Å²) in [7, 11) is -2.08. The first kappa shape index (κ1) is 54.5. The van der Waals surface area contributed by atoms with Crippen molar-refractivity contribution in [2.75, 3.05) is 6.61 Å². The molecule has 6 aliphatic rings. The van der Waals surface area contributed by atoms with Gasteiger partial charge in [0.25, 0.3) is 0 Å². The summed E-state index contributed by atoms with van der Waals surface area (Å²) >= 11 is 0. The number of Topliss-reactive ketones (excluding diaryl/α,β-unsaturated/α-hetero) is 1. The fourth-order valence-corrected chi connectivity index (χ4v) is 13.6. The molecule has 6 aliphatic heterocycles. The highest BCUT2D eigenvalue weighted by Crippen LogP contribution is 2.50. The van der Waals surface area contributed by atoms with Gasteiger partial charge in [-0.3, -0.25) is 4.79 Å². The first-order chi connectivity index (χ1) is 32.6. The monoisotopic (exact) mass is 975 g/mol. The topological polar surface area (TPSA) is 108 Å². The van der Waals surface area contributed by atoms with E-state index in [1.165, 1.54) is 0 Å². The van der Waals surface area contributed by atoms with Crippen molar-refractivity contribution in [3.8, 4) is 0 Å². The zero-order chi connectivity index (χ0) is 50.0. The highest BCUT2D eigenvalue weighted by Gasteiger charge is 2.53. The van der Waals surface area contributed by atoms with Gasteiger partial charge in [-0.25, -0.2) is 0 Å². The van der Waals surface area contributed by atoms with Gasteiger partial charge in [0.2, 0.25) is 0 Å². The van der Waals surface area contributed by atoms with Crippen LogP contribution >= 0.6 is 0 Å². The van der Waals surface area contributed by atoms with Gasteiger partial charge in [-0.05, 0) is 124 Å². The summed E-state index contributed by atoms with van der Waals surface area (Å²) in [6, 6.07) is 10.4. The summed E-state index contributed by atoms with van der Waals surface area (Å²) in [5.74, 6) is -0.261. The number of rotatable bonds is 19. The largest absolute Gasteiger partial charge is 0.408 e. The zero-order valence-electron chi connectivity index (χ0n) is 44.5. The molecule has 0 bridgehead atoms. The van der Waals surface area contributed by atoms with Gasteiger partial charge in [0.1, 0.15) is 12.1 Å². The summed E-state index contributed by atoms with van der Waals surface area (Å²) in [5, 5.41) is 0.0794. The molecule has 6 heterocycles. The number of ether oxygens (including phenoxy) is 7. The fraction of sp³-hybridized carbons (Fsp3) is 0.759. The maximum Gasteiger partial charge on any atom is 0.193 e. The molecule has 18 atom stereocenters. The van der Waals surface area contributed by atoms with Crippen LogP contribution in [0.3, 0.4) is 0 Å². The molecule has 0 amide bonds. The van der Waals surface area contributed by atoms with Crippen molar-refractivity contribution in [1.29, 1.82) is 0 Å². The van der Waals surface area contributed by atoms with E-state index in [0.29, 0.717) is 32.3 Å². The number of allylic oxidation sites excluding steroid dienone is 1. The summed E-state index contributed by atoms with van der Waals surface area (Å²) in [6.07, 6.45) is 11.8. The van der Waals surface area contributed by atoms with Crippen molar-refractivity contribution in [3.05, 3.63) is 72.4 Å². The molecular formula is C58H90O10Si. The molecule has 1 aromatic carbocycles. The van der Waals surface area contributed by atoms with E-state index in [1.807, 2.05) is 19.9 Å². The maximum absolute atomic E-state index is 15.4. The summed E-state index contributed by atoms with van der Waals surface area (Å²) in [5.41, 5.74) is 3.22. The molecule has 7 rings (SSSR count). The normalized spacial score (nSPS) is 38.3. The number of carbonyl (C=O) groups is 2. The first-order valence-corrected chi connectivity index (χ1v) is 29.8. The van der Waals surface area contributed by atoms with Gasteiger partial charge in [0.15, 0.2) is 14.1 Å². The van der Waals surface area contributed by atoms with Crippen LogP contribution in [0.4, 0.5) is 0 Å². The van der Waals surface area contributed by atoms with Crippen LogP contribution in [-0.2, 0) is 47.2 Å². The Labute approximate surface area is 417 Å². The van der Waals surface area contributed by atoms with Crippen molar-refractivity contribution in [1.82, 2.24) is 0 Å². The van der Waals surface area contributed by atoms with E-state index in [4.69, 9.17) is 37.6 Å². The molecular weight excluding hydrogens is 885 g/mol. The average molecular weight is 975 g/mol. The van der Waals surface area contributed by atoms with Gasteiger partial charge in [-0.2, -0.15) is 0 Å². The molecule has 0 saturated carbocycles. The molecule has 0 radical (unpaired) electrons. The minimum Gasteiger partial charge on any atom is -0.408 e. The number of benzene rings is 1. The lowest BCUT2D eigenvalue weighted by molar-refractivity contribution is -0.237. The van der Waals surface area contributed by atoms with Crippen LogP contribution in [-0.4, -0.2) is 106 Å². The van der Waals surface area contributed by atoms with E-state index in [9.17, 15) is 4.79 Å². The summed E-state index contributed by atoms with van der Waals surface area (Å²) < 4.78 is 54.1. The smallest absolute Gasteiger partial charge is 0.193 e. The number of ketones is 1. The van der Waals surface area contributed by atoms with Crippen LogP contribution in [0.5, 0.6) is 0 Å². The Hall–Kier alpha value is -2.32. The molecule has 0 spiro atoms. The lowest BCUT2D eigenvalue weighted by Crippen LogP contribution is -2.58. The third-order valence-electron chi connectivity index (χ3n) is 17.6. The lowest BCUT2D eigenvalue weighted by Gasteiger charge is -2.51. The minimum absolute atomic E-state index is 0.0199. The molecule has 11 heteroatoms. The second kappa shape index (κ2) is 22.8. The van der Waals surface area contributed by atoms with Gasteiger partial charge < -0.3 is 42.4 Å². The lowest BCUT2D eigenvalue weighted by atomic mass is 9.70. The number of hydrogen-bond donors (Lipinski definition) is 0.